The molecule has 88 valence electrons. The van der Waals surface area contributed by atoms with Gasteiger partial charge < -0.3 is 4.52 Å². The minimum Gasteiger partial charge on any atom is -0.360 e. The molecule has 0 unspecified atom stereocenters. The highest BCUT2D eigenvalue weighted by molar-refractivity contribution is 7.94. The molecule has 8 heteroatoms. The zero-order valence-electron chi connectivity index (χ0n) is 8.67. The predicted octanol–water partition coefficient (Wildman–Crippen LogP) is 1.72. The van der Waals surface area contributed by atoms with Crippen LogP contribution in [-0.4, -0.2) is 13.6 Å². The van der Waals surface area contributed by atoms with Gasteiger partial charge in [0.25, 0.3) is 10.0 Å². The third kappa shape index (κ3) is 2.46. The van der Waals surface area contributed by atoms with Crippen molar-refractivity contribution in [1.29, 1.82) is 5.26 Å². The largest absolute Gasteiger partial charge is 0.360 e. The van der Waals surface area contributed by atoms with Crippen LogP contribution in [0.5, 0.6) is 0 Å². The third-order valence-electron chi connectivity index (χ3n) is 1.82. The summed E-state index contributed by atoms with van der Waals surface area (Å²) in [6.45, 7) is 1.66. The van der Waals surface area contributed by atoms with Gasteiger partial charge in [-0.3, -0.25) is 4.72 Å². The quantitative estimate of drug-likeness (QED) is 0.915. The van der Waals surface area contributed by atoms with E-state index in [1.165, 1.54) is 18.2 Å². The summed E-state index contributed by atoms with van der Waals surface area (Å²) in [4.78, 5) is 0.335. The maximum atomic E-state index is 11.8. The molecule has 0 fully saturated rings. The maximum absolute atomic E-state index is 11.8. The fourth-order valence-corrected chi connectivity index (χ4v) is 3.21. The van der Waals surface area contributed by atoms with E-state index in [1.807, 2.05) is 6.07 Å². The zero-order chi connectivity index (χ0) is 12.5. The molecule has 0 atom stereocenters. The molecule has 0 amide bonds. The lowest BCUT2D eigenvalue weighted by Crippen LogP contribution is -2.11. The van der Waals surface area contributed by atoms with Crippen LogP contribution in [-0.2, 0) is 10.0 Å². The van der Waals surface area contributed by atoms with Crippen molar-refractivity contribution in [3.8, 4) is 6.07 Å². The molecule has 2 heterocycles. The number of anilines is 1. The monoisotopic (exact) mass is 269 g/mol. The van der Waals surface area contributed by atoms with E-state index >= 15 is 0 Å². The topological polar surface area (TPSA) is 96.0 Å². The molecule has 2 aromatic heterocycles. The van der Waals surface area contributed by atoms with Crippen LogP contribution >= 0.6 is 11.3 Å². The average molecular weight is 269 g/mol. The summed E-state index contributed by atoms with van der Waals surface area (Å²) in [5.41, 5.74) is 0. The molecule has 0 aliphatic heterocycles. The van der Waals surface area contributed by atoms with Crippen molar-refractivity contribution >= 4 is 27.2 Å². The maximum Gasteiger partial charge on any atom is 0.272 e. The van der Waals surface area contributed by atoms with Crippen LogP contribution < -0.4 is 4.72 Å². The van der Waals surface area contributed by atoms with Crippen LogP contribution in [0.15, 0.2) is 26.9 Å². The number of hydrogen-bond donors (Lipinski definition) is 1. The first-order valence-electron chi connectivity index (χ1n) is 4.47. The number of nitrogens with one attached hydrogen (secondary N) is 1. The molecule has 0 saturated heterocycles. The number of nitrogens with zero attached hydrogens (tertiary/aromatic N) is 2. The van der Waals surface area contributed by atoms with Crippen molar-refractivity contribution in [3.05, 3.63) is 28.8 Å². The molecule has 0 saturated carbocycles. The Morgan fingerprint density at radius 3 is 2.82 bits per heavy atom. The van der Waals surface area contributed by atoms with E-state index in [-0.39, 0.29) is 10.0 Å². The SMILES string of the molecule is Cc1cc(NS(=O)(=O)c2ccc(C#N)s2)no1. The Balaban J connectivity index is 2.28. The molecular weight excluding hydrogens is 262 g/mol. The average Bonchev–Trinajstić information content (AvgIpc) is 2.86. The summed E-state index contributed by atoms with van der Waals surface area (Å²) < 4.78 is 30.8. The summed E-state index contributed by atoms with van der Waals surface area (Å²) in [7, 11) is -3.69. The number of rotatable bonds is 3. The second kappa shape index (κ2) is 4.20. The van der Waals surface area contributed by atoms with Gasteiger partial charge in [-0.1, -0.05) is 5.16 Å². The lowest BCUT2D eigenvalue weighted by molar-refractivity contribution is 0.400. The number of sulfonamides is 1. The molecule has 2 rings (SSSR count). The molecule has 0 bridgehead atoms. The lowest BCUT2D eigenvalue weighted by Gasteiger charge is -2.00. The van der Waals surface area contributed by atoms with E-state index < -0.39 is 10.0 Å². The standard InChI is InChI=1S/C9H7N3O3S2/c1-6-4-8(11-15-6)12-17(13,14)9-3-2-7(5-10)16-9/h2-4H,1H3,(H,11,12). The number of thiophene rings is 1. The van der Waals surface area contributed by atoms with Gasteiger partial charge in [0.05, 0.1) is 0 Å². The Bertz CT molecular complexity index is 678. The Kier molecular flexibility index (Phi) is 2.87. The summed E-state index contributed by atoms with van der Waals surface area (Å²) in [5.74, 6) is 0.626. The molecule has 0 aromatic carbocycles. The third-order valence-corrected chi connectivity index (χ3v) is 4.66. The second-order valence-corrected chi connectivity index (χ2v) is 6.15. The van der Waals surface area contributed by atoms with Gasteiger partial charge in [-0.05, 0) is 19.1 Å². The van der Waals surface area contributed by atoms with Crippen molar-refractivity contribution < 1.29 is 12.9 Å². The Hall–Kier alpha value is -1.85. The van der Waals surface area contributed by atoms with Crippen LogP contribution in [0.3, 0.4) is 0 Å². The smallest absolute Gasteiger partial charge is 0.272 e. The highest BCUT2D eigenvalue weighted by Crippen LogP contribution is 2.23. The fraction of sp³-hybridized carbons (Fsp3) is 0.111. The Morgan fingerprint density at radius 1 is 1.53 bits per heavy atom. The highest BCUT2D eigenvalue weighted by Gasteiger charge is 2.18. The van der Waals surface area contributed by atoms with Gasteiger partial charge >= 0.3 is 0 Å². The molecule has 6 nitrogen and oxygen atoms in total. The van der Waals surface area contributed by atoms with E-state index in [1.54, 1.807) is 6.92 Å². The summed E-state index contributed by atoms with van der Waals surface area (Å²) in [6.07, 6.45) is 0. The second-order valence-electron chi connectivity index (χ2n) is 3.16. The molecule has 1 N–H and O–H groups in total. The van der Waals surface area contributed by atoms with E-state index in [9.17, 15) is 8.42 Å². The minimum absolute atomic E-state index is 0.0645. The van der Waals surface area contributed by atoms with Crippen molar-refractivity contribution in [2.75, 3.05) is 4.72 Å². The van der Waals surface area contributed by atoms with Gasteiger partial charge in [-0.15, -0.1) is 11.3 Å². The fourth-order valence-electron chi connectivity index (χ4n) is 1.13. The van der Waals surface area contributed by atoms with Crippen molar-refractivity contribution in [2.45, 2.75) is 11.1 Å². The molecule has 0 radical (unpaired) electrons. The first kappa shape index (κ1) is 11.6. The van der Waals surface area contributed by atoms with Crippen LogP contribution in [0, 0.1) is 18.3 Å². The Labute approximate surface area is 102 Å². The highest BCUT2D eigenvalue weighted by atomic mass is 32.2. The van der Waals surface area contributed by atoms with Gasteiger partial charge in [-0.2, -0.15) is 5.26 Å². The molecule has 2 aromatic rings. The van der Waals surface area contributed by atoms with Crippen LogP contribution in [0.25, 0.3) is 0 Å². The van der Waals surface area contributed by atoms with Crippen molar-refractivity contribution in [2.24, 2.45) is 0 Å². The normalized spacial score (nSPS) is 11.1. The van der Waals surface area contributed by atoms with Gasteiger partial charge in [0.15, 0.2) is 5.82 Å². The lowest BCUT2D eigenvalue weighted by atomic mass is 10.5. The van der Waals surface area contributed by atoms with E-state index in [0.717, 1.165) is 11.3 Å². The van der Waals surface area contributed by atoms with E-state index in [0.29, 0.717) is 10.6 Å². The molecular formula is C9H7N3O3S2. The number of aromatic nitrogens is 1. The molecule has 0 aliphatic rings. The minimum atomic E-state index is -3.69. The zero-order valence-corrected chi connectivity index (χ0v) is 10.3. The van der Waals surface area contributed by atoms with Crippen molar-refractivity contribution in [3.63, 3.8) is 0 Å². The first-order chi connectivity index (χ1) is 8.01. The van der Waals surface area contributed by atoms with E-state index in [2.05, 4.69) is 9.88 Å². The van der Waals surface area contributed by atoms with E-state index in [4.69, 9.17) is 9.78 Å². The van der Waals surface area contributed by atoms with Gasteiger partial charge in [0.2, 0.25) is 0 Å². The molecule has 17 heavy (non-hydrogen) atoms. The van der Waals surface area contributed by atoms with Gasteiger partial charge in [0, 0.05) is 6.07 Å². The Morgan fingerprint density at radius 2 is 2.29 bits per heavy atom. The summed E-state index contributed by atoms with van der Waals surface area (Å²) >= 11 is 0.896. The first-order valence-corrected chi connectivity index (χ1v) is 6.77. The number of hydrogen-bond acceptors (Lipinski definition) is 6. The number of nitriles is 1. The molecule has 0 spiro atoms. The summed E-state index contributed by atoms with van der Waals surface area (Å²) in [6, 6.07) is 6.17. The molecule has 0 aliphatic carbocycles. The number of aryl methyl sites for hydroxylation is 1. The van der Waals surface area contributed by atoms with Crippen molar-refractivity contribution in [1.82, 2.24) is 5.16 Å². The van der Waals surface area contributed by atoms with Gasteiger partial charge in [-0.25, -0.2) is 8.42 Å². The predicted molar refractivity (Wildman–Crippen MR) is 61.1 cm³/mol. The van der Waals surface area contributed by atoms with Crippen LogP contribution in [0.2, 0.25) is 0 Å². The summed E-state index contributed by atoms with van der Waals surface area (Å²) in [5, 5.41) is 12.2. The van der Waals surface area contributed by atoms with Crippen LogP contribution in [0.4, 0.5) is 5.82 Å². The van der Waals surface area contributed by atoms with Gasteiger partial charge in [0.1, 0.15) is 20.9 Å². The van der Waals surface area contributed by atoms with Crippen LogP contribution in [0.1, 0.15) is 10.6 Å².